The quantitative estimate of drug-likeness (QED) is 0.714. The first kappa shape index (κ1) is 19.8. The molecule has 6 heteroatoms. The van der Waals surface area contributed by atoms with Gasteiger partial charge in [-0.1, -0.05) is 24.6 Å². The fourth-order valence-corrected chi connectivity index (χ4v) is 5.73. The summed E-state index contributed by atoms with van der Waals surface area (Å²) in [4.78, 5) is 15.0. The van der Waals surface area contributed by atoms with Crippen molar-refractivity contribution in [3.63, 3.8) is 0 Å². The van der Waals surface area contributed by atoms with Crippen LogP contribution in [0.4, 0.5) is 0 Å². The van der Waals surface area contributed by atoms with Gasteiger partial charge in [0.25, 0.3) is 0 Å². The molecule has 0 saturated carbocycles. The fraction of sp³-hybridized carbons (Fsp3) is 0.476. The van der Waals surface area contributed by atoms with E-state index in [1.807, 2.05) is 31.7 Å². The van der Waals surface area contributed by atoms with Gasteiger partial charge in [-0.05, 0) is 51.9 Å². The van der Waals surface area contributed by atoms with E-state index in [9.17, 15) is 13.2 Å². The third-order valence-corrected chi connectivity index (χ3v) is 7.25. The van der Waals surface area contributed by atoms with Gasteiger partial charge in [0.05, 0.1) is 18.1 Å². The van der Waals surface area contributed by atoms with Crippen LogP contribution < -0.4 is 0 Å². The molecule has 1 saturated heterocycles. The van der Waals surface area contributed by atoms with Gasteiger partial charge in [-0.3, -0.25) is 9.69 Å². The van der Waals surface area contributed by atoms with Gasteiger partial charge in [0.15, 0.2) is 15.6 Å². The van der Waals surface area contributed by atoms with Gasteiger partial charge in [0.1, 0.15) is 0 Å². The molecule has 1 atom stereocenters. The first-order valence-corrected chi connectivity index (χ1v) is 11.3. The molecule has 3 rings (SSSR count). The fourth-order valence-electron chi connectivity index (χ4n) is 3.97. The number of rotatable bonds is 6. The summed E-state index contributed by atoms with van der Waals surface area (Å²) in [6.07, 6.45) is 0.617. The summed E-state index contributed by atoms with van der Waals surface area (Å²) < 4.78 is 25.7. The predicted molar refractivity (Wildman–Crippen MR) is 109 cm³/mol. The van der Waals surface area contributed by atoms with Crippen molar-refractivity contribution in [1.29, 1.82) is 0 Å². The van der Waals surface area contributed by atoms with Crippen LogP contribution in [0.5, 0.6) is 0 Å². The molecule has 0 aliphatic carbocycles. The summed E-state index contributed by atoms with van der Waals surface area (Å²) in [7, 11) is -2.96. The molecule has 1 fully saturated rings. The average Bonchev–Trinajstić information content (AvgIpc) is 3.12. The Morgan fingerprint density at radius 1 is 1.19 bits per heavy atom. The van der Waals surface area contributed by atoms with Crippen molar-refractivity contribution >= 4 is 15.6 Å². The zero-order chi connectivity index (χ0) is 19.8. The van der Waals surface area contributed by atoms with E-state index in [4.69, 9.17) is 0 Å². The maximum atomic E-state index is 13.0. The first-order chi connectivity index (χ1) is 12.7. The Bertz CT molecular complexity index is 943. The van der Waals surface area contributed by atoms with Crippen LogP contribution in [0.3, 0.4) is 0 Å². The van der Waals surface area contributed by atoms with Gasteiger partial charge in [0, 0.05) is 28.7 Å². The number of carbonyl (C=O) groups is 1. The lowest BCUT2D eigenvalue weighted by molar-refractivity contribution is 0.0906. The van der Waals surface area contributed by atoms with E-state index in [2.05, 4.69) is 35.8 Å². The Labute approximate surface area is 161 Å². The van der Waals surface area contributed by atoms with Crippen molar-refractivity contribution in [3.05, 3.63) is 52.8 Å². The van der Waals surface area contributed by atoms with Crippen LogP contribution in [0.15, 0.2) is 30.3 Å². The zero-order valence-corrected chi connectivity index (χ0v) is 17.3. The number of ketones is 1. The highest BCUT2D eigenvalue weighted by molar-refractivity contribution is 7.91. The molecule has 1 unspecified atom stereocenters. The van der Waals surface area contributed by atoms with Crippen LogP contribution in [-0.4, -0.2) is 54.3 Å². The second-order valence-electron chi connectivity index (χ2n) is 7.50. The molecule has 0 N–H and O–H groups in total. The maximum Gasteiger partial charge on any atom is 0.178 e. The second kappa shape index (κ2) is 7.60. The van der Waals surface area contributed by atoms with Crippen LogP contribution in [0.25, 0.3) is 5.69 Å². The van der Waals surface area contributed by atoms with Crippen LogP contribution in [0.1, 0.15) is 40.7 Å². The van der Waals surface area contributed by atoms with Crippen molar-refractivity contribution in [2.75, 3.05) is 24.6 Å². The SMILES string of the molecule is CCN(CC(=O)c1cc(C)n(-c2ccc(C)cc2)c1C)C1CCS(=O)(=O)C1. The average molecular weight is 389 g/mol. The lowest BCUT2D eigenvalue weighted by Gasteiger charge is -2.25. The summed E-state index contributed by atoms with van der Waals surface area (Å²) in [6.45, 7) is 8.93. The molecule has 146 valence electrons. The lowest BCUT2D eigenvalue weighted by Crippen LogP contribution is -2.39. The number of likely N-dealkylation sites (N-methyl/N-ethyl adjacent to an activating group) is 1. The molecule has 0 spiro atoms. The zero-order valence-electron chi connectivity index (χ0n) is 16.5. The Balaban J connectivity index is 1.83. The third-order valence-electron chi connectivity index (χ3n) is 5.50. The largest absolute Gasteiger partial charge is 0.318 e. The van der Waals surface area contributed by atoms with Crippen molar-refractivity contribution in [3.8, 4) is 5.69 Å². The second-order valence-corrected chi connectivity index (χ2v) is 9.73. The summed E-state index contributed by atoms with van der Waals surface area (Å²) in [5.74, 6) is 0.438. The van der Waals surface area contributed by atoms with E-state index in [0.717, 1.165) is 17.1 Å². The van der Waals surface area contributed by atoms with Crippen molar-refractivity contribution < 1.29 is 13.2 Å². The summed E-state index contributed by atoms with van der Waals surface area (Å²) in [6, 6.07) is 10.1. The van der Waals surface area contributed by atoms with Gasteiger partial charge >= 0.3 is 0 Å². The third kappa shape index (κ3) is 4.17. The first-order valence-electron chi connectivity index (χ1n) is 9.45. The minimum atomic E-state index is -2.96. The predicted octanol–water partition coefficient (Wildman–Crippen LogP) is 3.09. The summed E-state index contributed by atoms with van der Waals surface area (Å²) in [5.41, 5.74) is 4.90. The molecule has 27 heavy (non-hydrogen) atoms. The normalized spacial score (nSPS) is 18.9. The maximum absolute atomic E-state index is 13.0. The number of sulfone groups is 1. The molecule has 0 radical (unpaired) electrons. The van der Waals surface area contributed by atoms with Crippen LogP contribution in [0, 0.1) is 20.8 Å². The molecule has 2 aromatic rings. The molecule has 2 heterocycles. The lowest BCUT2D eigenvalue weighted by atomic mass is 10.1. The minimum Gasteiger partial charge on any atom is -0.318 e. The smallest absolute Gasteiger partial charge is 0.178 e. The number of carbonyl (C=O) groups excluding carboxylic acids is 1. The van der Waals surface area contributed by atoms with E-state index < -0.39 is 9.84 Å². The van der Waals surface area contributed by atoms with Crippen LogP contribution in [-0.2, 0) is 9.84 Å². The highest BCUT2D eigenvalue weighted by Gasteiger charge is 2.32. The van der Waals surface area contributed by atoms with Crippen molar-refractivity contribution in [2.45, 2.75) is 40.2 Å². The van der Waals surface area contributed by atoms with Gasteiger partial charge in [-0.2, -0.15) is 0 Å². The van der Waals surface area contributed by atoms with Gasteiger partial charge in [0.2, 0.25) is 0 Å². The van der Waals surface area contributed by atoms with Crippen LogP contribution in [0.2, 0.25) is 0 Å². The van der Waals surface area contributed by atoms with Gasteiger partial charge < -0.3 is 4.57 Å². The minimum absolute atomic E-state index is 0.0487. The number of Topliss-reactive ketones (excluding diaryl/α,β-unsaturated/α-hetero) is 1. The summed E-state index contributed by atoms with van der Waals surface area (Å²) >= 11 is 0. The summed E-state index contributed by atoms with van der Waals surface area (Å²) in [5, 5.41) is 0. The van der Waals surface area contributed by atoms with Crippen molar-refractivity contribution in [2.24, 2.45) is 0 Å². The van der Waals surface area contributed by atoms with E-state index in [-0.39, 0.29) is 29.9 Å². The number of hydrogen-bond donors (Lipinski definition) is 0. The van der Waals surface area contributed by atoms with E-state index in [1.54, 1.807) is 0 Å². The number of aryl methyl sites for hydroxylation is 2. The number of aromatic nitrogens is 1. The highest BCUT2D eigenvalue weighted by Crippen LogP contribution is 2.23. The molecule has 1 aromatic heterocycles. The molecular weight excluding hydrogens is 360 g/mol. The number of benzene rings is 1. The topological polar surface area (TPSA) is 59.4 Å². The van der Waals surface area contributed by atoms with E-state index in [0.29, 0.717) is 18.5 Å². The van der Waals surface area contributed by atoms with E-state index in [1.165, 1.54) is 5.56 Å². The number of hydrogen-bond acceptors (Lipinski definition) is 4. The number of nitrogens with zero attached hydrogens (tertiary/aromatic N) is 2. The van der Waals surface area contributed by atoms with Crippen molar-refractivity contribution in [1.82, 2.24) is 9.47 Å². The molecule has 1 aliphatic heterocycles. The molecular formula is C21H28N2O3S. The Morgan fingerprint density at radius 3 is 2.41 bits per heavy atom. The molecule has 0 bridgehead atoms. The molecule has 1 aromatic carbocycles. The standard InChI is InChI=1S/C21H28N2O3S/c1-5-22(19-10-11-27(25,26)14-19)13-21(24)20-12-16(3)23(17(20)4)18-8-6-15(2)7-9-18/h6-9,12,19H,5,10-11,13-14H2,1-4H3. The monoisotopic (exact) mass is 388 g/mol. The Morgan fingerprint density at radius 2 is 1.85 bits per heavy atom. The van der Waals surface area contributed by atoms with Gasteiger partial charge in [-0.25, -0.2) is 8.42 Å². The van der Waals surface area contributed by atoms with Gasteiger partial charge in [-0.15, -0.1) is 0 Å². The van der Waals surface area contributed by atoms with E-state index >= 15 is 0 Å². The molecule has 0 amide bonds. The molecule has 5 nitrogen and oxygen atoms in total. The highest BCUT2D eigenvalue weighted by atomic mass is 32.2. The Hall–Kier alpha value is -1.92. The Kier molecular flexibility index (Phi) is 5.58. The van der Waals surface area contributed by atoms with Crippen LogP contribution >= 0.6 is 0 Å². The molecule has 1 aliphatic rings.